The van der Waals surface area contributed by atoms with Crippen LogP contribution in [0.15, 0.2) is 42.5 Å². The first-order valence-electron chi connectivity index (χ1n) is 11.1. The van der Waals surface area contributed by atoms with Gasteiger partial charge in [-0.2, -0.15) is 8.42 Å². The van der Waals surface area contributed by atoms with Crippen LogP contribution in [0.1, 0.15) is 43.6 Å². The maximum atomic E-state index is 13.2. The highest BCUT2D eigenvalue weighted by Crippen LogP contribution is 2.37. The third-order valence-electron chi connectivity index (χ3n) is 5.41. The van der Waals surface area contributed by atoms with Crippen molar-refractivity contribution in [1.82, 2.24) is 4.98 Å². The minimum Gasteiger partial charge on any atom is -0.380 e. The third kappa shape index (κ3) is 6.96. The number of hydrogen-bond acceptors (Lipinski definition) is 8. The maximum Gasteiger partial charge on any atom is 0.267 e. The molecule has 0 radical (unpaired) electrons. The lowest BCUT2D eigenvalue weighted by atomic mass is 10.0. The molecule has 2 aromatic heterocycles. The molecule has 0 unspecified atom stereocenters. The number of rotatable bonds is 7. The van der Waals surface area contributed by atoms with Crippen LogP contribution in [0.2, 0.25) is 0 Å². The standard InChI is InChI=1S/C25H24N2O4S.CH4O3S/c1-14-22-17(13-31-4)8-9-18(15(2)28)24(22)32-23(14)25(29)27-21-11-10-19-16(12-30-3)6-5-7-20(19)26-21;1-5(2,3)4/h5-11H,12-13H2,1-4H3,(H,26,27,29);1H3,(H,2,3,4). The van der Waals surface area contributed by atoms with Gasteiger partial charge in [-0.25, -0.2) is 4.98 Å². The van der Waals surface area contributed by atoms with E-state index in [1.807, 2.05) is 37.3 Å². The molecule has 0 aliphatic rings. The molecule has 0 aliphatic heterocycles. The van der Waals surface area contributed by atoms with Crippen LogP contribution in [0.5, 0.6) is 0 Å². The van der Waals surface area contributed by atoms with Crippen molar-refractivity contribution >= 4 is 60.0 Å². The van der Waals surface area contributed by atoms with Crippen molar-refractivity contribution in [3.8, 4) is 0 Å². The Kier molecular flexibility index (Phi) is 9.11. The van der Waals surface area contributed by atoms with E-state index >= 15 is 0 Å². The largest absolute Gasteiger partial charge is 0.380 e. The summed E-state index contributed by atoms with van der Waals surface area (Å²) in [5, 5.41) is 4.81. The summed E-state index contributed by atoms with van der Waals surface area (Å²) < 4.78 is 37.3. The fourth-order valence-electron chi connectivity index (χ4n) is 3.95. The molecular formula is C26H28N2O7S2. The molecule has 0 fully saturated rings. The maximum absolute atomic E-state index is 13.2. The van der Waals surface area contributed by atoms with Crippen LogP contribution < -0.4 is 5.32 Å². The highest BCUT2D eigenvalue weighted by atomic mass is 32.2. The van der Waals surface area contributed by atoms with Gasteiger partial charge in [0.1, 0.15) is 5.82 Å². The number of anilines is 1. The summed E-state index contributed by atoms with van der Waals surface area (Å²) in [5.74, 6) is 0.189. The lowest BCUT2D eigenvalue weighted by Gasteiger charge is -2.08. The van der Waals surface area contributed by atoms with Gasteiger partial charge in [0.05, 0.1) is 29.9 Å². The SMILES string of the molecule is COCc1cccc2nc(NC(=O)c3sc4c(C(C)=O)ccc(COC)c4c3C)ccc12.CS(=O)(=O)O. The lowest BCUT2D eigenvalue weighted by Crippen LogP contribution is -2.12. The van der Waals surface area contributed by atoms with Gasteiger partial charge in [0, 0.05) is 35.3 Å². The van der Waals surface area contributed by atoms with Crippen molar-refractivity contribution in [3.63, 3.8) is 0 Å². The van der Waals surface area contributed by atoms with Crippen molar-refractivity contribution in [2.45, 2.75) is 27.1 Å². The molecule has 0 aliphatic carbocycles. The lowest BCUT2D eigenvalue weighted by molar-refractivity contribution is 0.101. The highest BCUT2D eigenvalue weighted by molar-refractivity contribution is 7.85. The summed E-state index contributed by atoms with van der Waals surface area (Å²) in [6, 6.07) is 13.3. The summed E-state index contributed by atoms with van der Waals surface area (Å²) >= 11 is 1.33. The first kappa shape index (κ1) is 28.4. The second-order valence-electron chi connectivity index (χ2n) is 8.32. The number of nitrogens with zero attached hydrogens (tertiary/aromatic N) is 1. The summed E-state index contributed by atoms with van der Waals surface area (Å²) in [5.41, 5.74) is 4.22. The first-order chi connectivity index (χ1) is 17.4. The molecule has 1 amide bonds. The number of aryl methyl sites for hydroxylation is 1. The number of ether oxygens (including phenoxy) is 2. The number of carbonyl (C=O) groups is 2. The van der Waals surface area contributed by atoms with Gasteiger partial charge in [-0.1, -0.05) is 18.2 Å². The Morgan fingerprint density at radius 1 is 1.03 bits per heavy atom. The Morgan fingerprint density at radius 2 is 1.68 bits per heavy atom. The number of hydrogen-bond donors (Lipinski definition) is 2. The van der Waals surface area contributed by atoms with Crippen LogP contribution in [0.4, 0.5) is 5.82 Å². The second kappa shape index (κ2) is 11.9. The normalized spacial score (nSPS) is 11.3. The van der Waals surface area contributed by atoms with Gasteiger partial charge in [0.2, 0.25) is 0 Å². The van der Waals surface area contributed by atoms with E-state index in [1.54, 1.807) is 26.4 Å². The highest BCUT2D eigenvalue weighted by Gasteiger charge is 2.21. The zero-order valence-electron chi connectivity index (χ0n) is 21.1. The van der Waals surface area contributed by atoms with Crippen LogP contribution in [0, 0.1) is 6.92 Å². The molecule has 0 atom stereocenters. The number of amides is 1. The van der Waals surface area contributed by atoms with E-state index < -0.39 is 10.1 Å². The van der Waals surface area contributed by atoms with Crippen LogP contribution in [0.25, 0.3) is 21.0 Å². The molecule has 37 heavy (non-hydrogen) atoms. The number of ketones is 1. The molecule has 0 saturated heterocycles. The van der Waals surface area contributed by atoms with E-state index in [1.165, 1.54) is 18.3 Å². The van der Waals surface area contributed by atoms with Gasteiger partial charge < -0.3 is 14.8 Å². The van der Waals surface area contributed by atoms with Crippen molar-refractivity contribution in [2.75, 3.05) is 25.8 Å². The minimum atomic E-state index is -3.67. The zero-order valence-corrected chi connectivity index (χ0v) is 22.7. The minimum absolute atomic E-state index is 0.0322. The molecule has 11 heteroatoms. The predicted octanol–water partition coefficient (Wildman–Crippen LogP) is 5.01. The molecule has 4 rings (SSSR count). The average molecular weight is 545 g/mol. The number of thiophene rings is 1. The van der Waals surface area contributed by atoms with E-state index in [0.29, 0.717) is 35.7 Å². The summed E-state index contributed by atoms with van der Waals surface area (Å²) in [7, 11) is -0.382. The van der Waals surface area contributed by atoms with E-state index in [0.717, 1.165) is 37.7 Å². The summed E-state index contributed by atoms with van der Waals surface area (Å²) in [4.78, 5) is 30.5. The molecule has 196 valence electrons. The van der Waals surface area contributed by atoms with Gasteiger partial charge in [0.25, 0.3) is 16.0 Å². The molecule has 2 aromatic carbocycles. The molecule has 0 bridgehead atoms. The Labute approximate surface area is 219 Å². The molecule has 4 aromatic rings. The fraction of sp³-hybridized carbons (Fsp3) is 0.269. The first-order valence-corrected chi connectivity index (χ1v) is 13.8. The predicted molar refractivity (Wildman–Crippen MR) is 145 cm³/mol. The Bertz CT molecular complexity index is 1570. The number of fused-ring (bicyclic) bond motifs is 2. The van der Waals surface area contributed by atoms with E-state index in [4.69, 9.17) is 14.0 Å². The second-order valence-corrected chi connectivity index (χ2v) is 10.8. The molecular weight excluding hydrogens is 516 g/mol. The van der Waals surface area contributed by atoms with Gasteiger partial charge in [-0.3, -0.25) is 14.1 Å². The summed E-state index contributed by atoms with van der Waals surface area (Å²) in [6.45, 7) is 4.34. The van der Waals surface area contributed by atoms with E-state index in [2.05, 4.69) is 10.3 Å². The smallest absolute Gasteiger partial charge is 0.267 e. The molecule has 2 N–H and O–H groups in total. The number of pyridine rings is 1. The van der Waals surface area contributed by atoms with E-state index in [-0.39, 0.29) is 11.7 Å². The summed E-state index contributed by atoms with van der Waals surface area (Å²) in [6.07, 6.45) is 0.715. The van der Waals surface area contributed by atoms with Gasteiger partial charge in [-0.15, -0.1) is 11.3 Å². The topological polar surface area (TPSA) is 132 Å². The van der Waals surface area contributed by atoms with Gasteiger partial charge in [0.15, 0.2) is 5.78 Å². The fourth-order valence-corrected chi connectivity index (χ4v) is 5.26. The van der Waals surface area contributed by atoms with Crippen LogP contribution in [-0.2, 0) is 32.8 Å². The molecule has 0 spiro atoms. The average Bonchev–Trinajstić information content (AvgIpc) is 3.16. The number of nitrogens with one attached hydrogen (secondary N) is 1. The van der Waals surface area contributed by atoms with Crippen LogP contribution in [-0.4, -0.2) is 50.1 Å². The van der Waals surface area contributed by atoms with Crippen LogP contribution in [0.3, 0.4) is 0 Å². The molecule has 0 saturated carbocycles. The monoisotopic (exact) mass is 544 g/mol. The van der Waals surface area contributed by atoms with Crippen molar-refractivity contribution in [2.24, 2.45) is 0 Å². The quantitative estimate of drug-likeness (QED) is 0.245. The number of methoxy groups -OCH3 is 2. The van der Waals surface area contributed by atoms with Gasteiger partial charge in [-0.05, 0) is 54.8 Å². The van der Waals surface area contributed by atoms with Crippen molar-refractivity contribution in [3.05, 3.63) is 69.6 Å². The molecule has 9 nitrogen and oxygen atoms in total. The molecule has 2 heterocycles. The Balaban J connectivity index is 0.000000695. The Morgan fingerprint density at radius 3 is 2.30 bits per heavy atom. The third-order valence-corrected chi connectivity index (χ3v) is 6.74. The zero-order chi connectivity index (χ0) is 27.3. The number of Topliss-reactive ketones (excluding diaryl/α,β-unsaturated/α-hetero) is 1. The number of benzene rings is 2. The van der Waals surface area contributed by atoms with Crippen molar-refractivity contribution < 1.29 is 32.0 Å². The van der Waals surface area contributed by atoms with Gasteiger partial charge >= 0.3 is 0 Å². The van der Waals surface area contributed by atoms with Crippen molar-refractivity contribution in [1.29, 1.82) is 0 Å². The number of aromatic nitrogens is 1. The number of carbonyl (C=O) groups excluding carboxylic acids is 2. The Hall–Kier alpha value is -3.22. The van der Waals surface area contributed by atoms with Crippen LogP contribution >= 0.6 is 11.3 Å². The van der Waals surface area contributed by atoms with E-state index in [9.17, 15) is 18.0 Å².